The van der Waals surface area contributed by atoms with E-state index >= 15 is 0 Å². The molecule has 1 saturated carbocycles. The van der Waals surface area contributed by atoms with Gasteiger partial charge in [0.05, 0.1) is 13.0 Å². The molecule has 0 atom stereocenters. The van der Waals surface area contributed by atoms with Crippen LogP contribution in [0.15, 0.2) is 0 Å². The molecule has 2 fully saturated rings. The number of carboxylic acids is 1. The smallest absolute Gasteiger partial charge is 0.303 e. The van der Waals surface area contributed by atoms with Crippen LogP contribution in [0.1, 0.15) is 51.4 Å². The van der Waals surface area contributed by atoms with E-state index in [-0.39, 0.29) is 17.7 Å². The molecule has 0 spiro atoms. The van der Waals surface area contributed by atoms with E-state index in [9.17, 15) is 9.59 Å². The van der Waals surface area contributed by atoms with Crippen LogP contribution >= 0.6 is 0 Å². The average Bonchev–Trinajstić information content (AvgIpc) is 2.67. The Hall–Kier alpha value is -1.10. The number of amides is 1. The maximum Gasteiger partial charge on any atom is 0.303 e. The quantitative estimate of drug-likeness (QED) is 0.857. The van der Waals surface area contributed by atoms with Gasteiger partial charge in [-0.25, -0.2) is 0 Å². The van der Waals surface area contributed by atoms with E-state index in [1.165, 1.54) is 0 Å². The topological polar surface area (TPSA) is 66.8 Å². The Labute approximate surface area is 120 Å². The fourth-order valence-electron chi connectivity index (χ4n) is 3.47. The summed E-state index contributed by atoms with van der Waals surface area (Å²) < 4.78 is 5.37. The van der Waals surface area contributed by atoms with Gasteiger partial charge in [0.25, 0.3) is 0 Å². The van der Waals surface area contributed by atoms with Gasteiger partial charge in [-0.3, -0.25) is 9.59 Å². The van der Waals surface area contributed by atoms with Gasteiger partial charge in [0, 0.05) is 26.1 Å². The molecule has 1 amide bonds. The summed E-state index contributed by atoms with van der Waals surface area (Å²) in [5, 5.41) is 9.15. The van der Waals surface area contributed by atoms with Crippen LogP contribution in [0, 0.1) is 5.41 Å². The van der Waals surface area contributed by atoms with Gasteiger partial charge in [-0.05, 0) is 24.7 Å². The van der Waals surface area contributed by atoms with Crippen molar-refractivity contribution in [2.24, 2.45) is 5.41 Å². The molecule has 5 heteroatoms. The van der Waals surface area contributed by atoms with Gasteiger partial charge in [-0.2, -0.15) is 0 Å². The number of rotatable bonds is 4. The van der Waals surface area contributed by atoms with E-state index in [0.29, 0.717) is 26.2 Å². The van der Waals surface area contributed by atoms with E-state index in [0.717, 1.165) is 45.1 Å². The summed E-state index contributed by atoms with van der Waals surface area (Å²) >= 11 is 0. The number of carbonyl (C=O) groups excluding carboxylic acids is 1. The molecule has 1 heterocycles. The first-order valence-electron chi connectivity index (χ1n) is 7.69. The normalized spacial score (nSPS) is 23.1. The van der Waals surface area contributed by atoms with E-state index in [2.05, 4.69) is 0 Å². The van der Waals surface area contributed by atoms with Crippen molar-refractivity contribution in [3.05, 3.63) is 0 Å². The summed E-state index contributed by atoms with van der Waals surface area (Å²) in [6, 6.07) is 0. The number of carbonyl (C=O) groups is 2. The minimum Gasteiger partial charge on any atom is -0.481 e. The summed E-state index contributed by atoms with van der Waals surface area (Å²) in [6.07, 6.45) is 6.38. The third-order valence-corrected chi connectivity index (χ3v) is 4.54. The summed E-state index contributed by atoms with van der Waals surface area (Å²) in [5.74, 6) is -0.669. The maximum atomic E-state index is 12.5. The zero-order valence-corrected chi connectivity index (χ0v) is 12.1. The van der Waals surface area contributed by atoms with Crippen LogP contribution in [0.25, 0.3) is 0 Å². The average molecular weight is 283 g/mol. The van der Waals surface area contributed by atoms with Gasteiger partial charge in [-0.15, -0.1) is 0 Å². The third-order valence-electron chi connectivity index (χ3n) is 4.54. The van der Waals surface area contributed by atoms with Crippen molar-refractivity contribution in [2.45, 2.75) is 51.4 Å². The van der Waals surface area contributed by atoms with Gasteiger partial charge in [-0.1, -0.05) is 19.3 Å². The van der Waals surface area contributed by atoms with Gasteiger partial charge in [0.2, 0.25) is 5.91 Å². The zero-order valence-electron chi connectivity index (χ0n) is 12.1. The molecule has 0 aromatic heterocycles. The van der Waals surface area contributed by atoms with Crippen LogP contribution < -0.4 is 0 Å². The van der Waals surface area contributed by atoms with Crippen LogP contribution in [0.5, 0.6) is 0 Å². The first-order chi connectivity index (χ1) is 9.61. The van der Waals surface area contributed by atoms with Crippen LogP contribution in [-0.4, -0.2) is 48.2 Å². The molecule has 5 nitrogen and oxygen atoms in total. The lowest BCUT2D eigenvalue weighted by Gasteiger charge is -2.37. The number of hydrogen-bond acceptors (Lipinski definition) is 3. The van der Waals surface area contributed by atoms with Crippen LogP contribution in [0.2, 0.25) is 0 Å². The van der Waals surface area contributed by atoms with E-state index in [4.69, 9.17) is 9.84 Å². The Morgan fingerprint density at radius 1 is 1.00 bits per heavy atom. The van der Waals surface area contributed by atoms with Crippen molar-refractivity contribution < 1.29 is 19.4 Å². The lowest BCUT2D eigenvalue weighted by molar-refractivity contribution is -0.142. The summed E-state index contributed by atoms with van der Waals surface area (Å²) in [6.45, 7) is 2.69. The van der Waals surface area contributed by atoms with Crippen LogP contribution in [0.4, 0.5) is 0 Å². The molecule has 1 aliphatic carbocycles. The standard InChI is InChI=1S/C15H25NO4/c17-13(16-7-4-9-20-10-8-16)11-15(12-14(18)19)5-2-1-3-6-15/h1-12H2,(H,18,19). The molecule has 1 aliphatic heterocycles. The Kier molecular flexibility index (Phi) is 5.40. The monoisotopic (exact) mass is 283 g/mol. The van der Waals surface area contributed by atoms with Crippen molar-refractivity contribution in [3.8, 4) is 0 Å². The third kappa shape index (κ3) is 4.20. The van der Waals surface area contributed by atoms with Gasteiger partial charge in [0.15, 0.2) is 0 Å². The van der Waals surface area contributed by atoms with Crippen molar-refractivity contribution >= 4 is 11.9 Å². The minimum absolute atomic E-state index is 0.110. The van der Waals surface area contributed by atoms with E-state index in [1.807, 2.05) is 4.90 Å². The summed E-state index contributed by atoms with van der Waals surface area (Å²) in [7, 11) is 0. The van der Waals surface area contributed by atoms with E-state index in [1.54, 1.807) is 0 Å². The Bertz CT molecular complexity index is 342. The van der Waals surface area contributed by atoms with Crippen molar-refractivity contribution in [1.29, 1.82) is 0 Å². The fourth-order valence-corrected chi connectivity index (χ4v) is 3.47. The largest absolute Gasteiger partial charge is 0.481 e. The number of ether oxygens (including phenoxy) is 1. The highest BCUT2D eigenvalue weighted by Crippen LogP contribution is 2.42. The van der Waals surface area contributed by atoms with Crippen LogP contribution in [-0.2, 0) is 14.3 Å². The van der Waals surface area contributed by atoms with E-state index < -0.39 is 5.97 Å². The summed E-state index contributed by atoms with van der Waals surface area (Å²) in [4.78, 5) is 25.5. The number of nitrogens with zero attached hydrogens (tertiary/aromatic N) is 1. The van der Waals surface area contributed by atoms with Gasteiger partial charge >= 0.3 is 5.97 Å². The Morgan fingerprint density at radius 2 is 1.75 bits per heavy atom. The molecule has 0 radical (unpaired) electrons. The molecule has 114 valence electrons. The number of carboxylic acid groups (broad SMARTS) is 1. The zero-order chi connectivity index (χ0) is 14.4. The number of aliphatic carboxylic acids is 1. The fraction of sp³-hybridized carbons (Fsp3) is 0.867. The molecule has 0 bridgehead atoms. The predicted molar refractivity (Wildman–Crippen MR) is 74.4 cm³/mol. The molecule has 1 N–H and O–H groups in total. The Balaban J connectivity index is 1.98. The van der Waals surface area contributed by atoms with Gasteiger partial charge < -0.3 is 14.7 Å². The van der Waals surface area contributed by atoms with Crippen molar-refractivity contribution in [1.82, 2.24) is 4.90 Å². The lowest BCUT2D eigenvalue weighted by atomic mass is 9.69. The lowest BCUT2D eigenvalue weighted by Crippen LogP contribution is -2.39. The SMILES string of the molecule is O=C(O)CC1(CC(=O)N2CCCOCC2)CCCCC1. The second kappa shape index (κ2) is 7.07. The van der Waals surface area contributed by atoms with Crippen molar-refractivity contribution in [3.63, 3.8) is 0 Å². The molecule has 0 unspecified atom stereocenters. The second-order valence-electron chi connectivity index (χ2n) is 6.15. The first kappa shape index (κ1) is 15.3. The maximum absolute atomic E-state index is 12.5. The second-order valence-corrected chi connectivity index (χ2v) is 6.15. The highest BCUT2D eigenvalue weighted by Gasteiger charge is 2.37. The summed E-state index contributed by atoms with van der Waals surface area (Å²) in [5.41, 5.74) is -0.311. The molecule has 20 heavy (non-hydrogen) atoms. The minimum atomic E-state index is -0.779. The van der Waals surface area contributed by atoms with Crippen LogP contribution in [0.3, 0.4) is 0 Å². The molecule has 2 rings (SSSR count). The molecule has 1 saturated heterocycles. The molecule has 0 aromatic carbocycles. The van der Waals surface area contributed by atoms with Gasteiger partial charge in [0.1, 0.15) is 0 Å². The van der Waals surface area contributed by atoms with Crippen molar-refractivity contribution in [2.75, 3.05) is 26.3 Å². The number of hydrogen-bond donors (Lipinski definition) is 1. The first-order valence-corrected chi connectivity index (χ1v) is 7.69. The molecular formula is C15H25NO4. The predicted octanol–water partition coefficient (Wildman–Crippen LogP) is 2.05. The highest BCUT2D eigenvalue weighted by atomic mass is 16.5. The molecule has 2 aliphatic rings. The highest BCUT2D eigenvalue weighted by molar-refractivity contribution is 5.78. The molecule has 0 aromatic rings. The Morgan fingerprint density at radius 3 is 2.45 bits per heavy atom. The molecular weight excluding hydrogens is 258 g/mol.